The first-order valence-electron chi connectivity index (χ1n) is 5.54. The minimum Gasteiger partial charge on any atom is -0.507 e. The van der Waals surface area contributed by atoms with Crippen LogP contribution < -0.4 is 5.32 Å². The number of phenols is 1. The van der Waals surface area contributed by atoms with Crippen molar-refractivity contribution < 1.29 is 18.7 Å². The Morgan fingerprint density at radius 2 is 1.95 bits per heavy atom. The summed E-state index contributed by atoms with van der Waals surface area (Å²) in [5, 5.41) is 11.9. The van der Waals surface area contributed by atoms with Gasteiger partial charge >= 0.3 is 0 Å². The van der Waals surface area contributed by atoms with E-state index in [4.69, 9.17) is 0 Å². The SMILES string of the molecule is Cc1c(F)cccc1NC(=O)c1cc(F)ccc1O. The van der Waals surface area contributed by atoms with Crippen LogP contribution in [0, 0.1) is 18.6 Å². The Labute approximate surface area is 108 Å². The van der Waals surface area contributed by atoms with Gasteiger partial charge in [0.1, 0.15) is 17.4 Å². The zero-order valence-corrected chi connectivity index (χ0v) is 10.1. The fourth-order valence-corrected chi connectivity index (χ4v) is 1.62. The maximum atomic E-state index is 13.3. The Hall–Kier alpha value is -2.43. The largest absolute Gasteiger partial charge is 0.507 e. The molecule has 19 heavy (non-hydrogen) atoms. The summed E-state index contributed by atoms with van der Waals surface area (Å²) in [7, 11) is 0. The van der Waals surface area contributed by atoms with Crippen LogP contribution in [0.15, 0.2) is 36.4 Å². The number of carbonyl (C=O) groups excluding carboxylic acids is 1. The van der Waals surface area contributed by atoms with Crippen LogP contribution in [0.2, 0.25) is 0 Å². The topological polar surface area (TPSA) is 49.3 Å². The van der Waals surface area contributed by atoms with Gasteiger partial charge in [-0.2, -0.15) is 0 Å². The van der Waals surface area contributed by atoms with E-state index in [2.05, 4.69) is 5.32 Å². The molecule has 2 aromatic carbocycles. The molecule has 2 N–H and O–H groups in total. The van der Waals surface area contributed by atoms with Crippen molar-refractivity contribution in [3.8, 4) is 5.75 Å². The Morgan fingerprint density at radius 1 is 1.21 bits per heavy atom. The second-order valence-corrected chi connectivity index (χ2v) is 4.03. The van der Waals surface area contributed by atoms with Crippen LogP contribution in [0.25, 0.3) is 0 Å². The van der Waals surface area contributed by atoms with E-state index in [1.165, 1.54) is 25.1 Å². The number of rotatable bonds is 2. The first-order chi connectivity index (χ1) is 8.99. The standard InChI is InChI=1S/C14H11F2NO2/c1-8-11(16)3-2-4-12(8)17-14(19)10-7-9(15)5-6-13(10)18/h2-7,18H,1H3,(H,17,19). The summed E-state index contributed by atoms with van der Waals surface area (Å²) in [6, 6.07) is 7.28. The smallest absolute Gasteiger partial charge is 0.259 e. The molecule has 0 atom stereocenters. The quantitative estimate of drug-likeness (QED) is 0.873. The minimum absolute atomic E-state index is 0.205. The predicted octanol–water partition coefficient (Wildman–Crippen LogP) is 3.23. The van der Waals surface area contributed by atoms with Crippen LogP contribution in [0.1, 0.15) is 15.9 Å². The highest BCUT2D eigenvalue weighted by atomic mass is 19.1. The number of phenolic OH excluding ortho intramolecular Hbond substituents is 1. The van der Waals surface area contributed by atoms with Crippen molar-refractivity contribution in [2.45, 2.75) is 6.92 Å². The number of amides is 1. The molecule has 98 valence electrons. The molecule has 0 unspecified atom stereocenters. The molecule has 2 rings (SSSR count). The lowest BCUT2D eigenvalue weighted by Crippen LogP contribution is -2.13. The predicted molar refractivity (Wildman–Crippen MR) is 67.2 cm³/mol. The van der Waals surface area contributed by atoms with Crippen molar-refractivity contribution in [3.63, 3.8) is 0 Å². The Bertz CT molecular complexity index is 641. The summed E-state index contributed by atoms with van der Waals surface area (Å²) >= 11 is 0. The minimum atomic E-state index is -0.703. The number of carbonyl (C=O) groups is 1. The van der Waals surface area contributed by atoms with Gasteiger partial charge in [0.25, 0.3) is 5.91 Å². The first-order valence-corrected chi connectivity index (χ1v) is 5.54. The van der Waals surface area contributed by atoms with Gasteiger partial charge in [0, 0.05) is 11.3 Å². The molecule has 2 aromatic rings. The molecule has 5 heteroatoms. The van der Waals surface area contributed by atoms with Gasteiger partial charge in [0.2, 0.25) is 0 Å². The van der Waals surface area contributed by atoms with Gasteiger partial charge in [-0.25, -0.2) is 8.78 Å². The van der Waals surface area contributed by atoms with Crippen molar-refractivity contribution in [3.05, 3.63) is 59.2 Å². The van der Waals surface area contributed by atoms with Crippen molar-refractivity contribution in [1.29, 1.82) is 0 Å². The monoisotopic (exact) mass is 263 g/mol. The fraction of sp³-hybridized carbons (Fsp3) is 0.0714. The lowest BCUT2D eigenvalue weighted by Gasteiger charge is -2.09. The third kappa shape index (κ3) is 2.70. The lowest BCUT2D eigenvalue weighted by atomic mass is 10.1. The van der Waals surface area contributed by atoms with E-state index in [1.54, 1.807) is 0 Å². The van der Waals surface area contributed by atoms with Gasteiger partial charge in [-0.3, -0.25) is 4.79 Å². The molecule has 0 aliphatic rings. The van der Waals surface area contributed by atoms with Crippen molar-refractivity contribution in [2.75, 3.05) is 5.32 Å². The Morgan fingerprint density at radius 3 is 2.68 bits per heavy atom. The zero-order valence-electron chi connectivity index (χ0n) is 10.1. The van der Waals surface area contributed by atoms with E-state index in [9.17, 15) is 18.7 Å². The molecule has 0 aliphatic carbocycles. The number of benzene rings is 2. The molecule has 3 nitrogen and oxygen atoms in total. The summed E-state index contributed by atoms with van der Waals surface area (Å²) in [5.41, 5.74) is 0.337. The second kappa shape index (κ2) is 5.06. The molecule has 0 aliphatic heterocycles. The number of nitrogens with one attached hydrogen (secondary N) is 1. The van der Waals surface area contributed by atoms with Crippen LogP contribution >= 0.6 is 0 Å². The molecule has 0 heterocycles. The van der Waals surface area contributed by atoms with Gasteiger partial charge in [0.05, 0.1) is 5.56 Å². The van der Waals surface area contributed by atoms with Gasteiger partial charge in [-0.1, -0.05) is 6.07 Å². The van der Waals surface area contributed by atoms with Crippen LogP contribution in [-0.2, 0) is 0 Å². The van der Waals surface area contributed by atoms with E-state index >= 15 is 0 Å². The molecule has 0 bridgehead atoms. The van der Waals surface area contributed by atoms with E-state index in [-0.39, 0.29) is 22.6 Å². The third-order valence-electron chi connectivity index (χ3n) is 2.72. The first kappa shape index (κ1) is 13.0. The molecule has 0 saturated heterocycles. The van der Waals surface area contributed by atoms with E-state index in [0.29, 0.717) is 0 Å². The summed E-state index contributed by atoms with van der Waals surface area (Å²) in [4.78, 5) is 11.9. The van der Waals surface area contributed by atoms with Gasteiger partial charge in [0.15, 0.2) is 0 Å². The van der Waals surface area contributed by atoms with Crippen molar-refractivity contribution >= 4 is 11.6 Å². The van der Waals surface area contributed by atoms with Crippen LogP contribution in [0.4, 0.5) is 14.5 Å². The number of hydrogen-bond donors (Lipinski definition) is 2. The molecule has 0 aromatic heterocycles. The molecule has 0 radical (unpaired) electrons. The van der Waals surface area contributed by atoms with Crippen LogP contribution in [0.5, 0.6) is 5.75 Å². The number of halogens is 2. The van der Waals surface area contributed by atoms with E-state index in [1.807, 2.05) is 0 Å². The normalized spacial score (nSPS) is 10.3. The van der Waals surface area contributed by atoms with Gasteiger partial charge in [-0.05, 0) is 37.3 Å². The van der Waals surface area contributed by atoms with E-state index in [0.717, 1.165) is 18.2 Å². The Kier molecular flexibility index (Phi) is 3.46. The highest BCUT2D eigenvalue weighted by molar-refractivity contribution is 6.06. The van der Waals surface area contributed by atoms with Crippen LogP contribution in [-0.4, -0.2) is 11.0 Å². The van der Waals surface area contributed by atoms with Gasteiger partial charge < -0.3 is 10.4 Å². The van der Waals surface area contributed by atoms with Gasteiger partial charge in [-0.15, -0.1) is 0 Å². The molecular formula is C14H11F2NO2. The number of aromatic hydroxyl groups is 1. The van der Waals surface area contributed by atoms with E-state index < -0.39 is 17.5 Å². The molecule has 0 spiro atoms. The number of hydrogen-bond acceptors (Lipinski definition) is 2. The third-order valence-corrected chi connectivity index (χ3v) is 2.72. The maximum absolute atomic E-state index is 13.3. The summed E-state index contributed by atoms with van der Waals surface area (Å²) in [6.45, 7) is 1.51. The fourth-order valence-electron chi connectivity index (χ4n) is 1.62. The highest BCUT2D eigenvalue weighted by Gasteiger charge is 2.14. The second-order valence-electron chi connectivity index (χ2n) is 4.03. The molecule has 1 amide bonds. The Balaban J connectivity index is 2.31. The molecular weight excluding hydrogens is 252 g/mol. The average molecular weight is 263 g/mol. The zero-order chi connectivity index (χ0) is 14.0. The average Bonchev–Trinajstić information content (AvgIpc) is 2.38. The number of anilines is 1. The van der Waals surface area contributed by atoms with Crippen molar-refractivity contribution in [2.24, 2.45) is 0 Å². The molecule has 0 saturated carbocycles. The molecule has 0 fully saturated rings. The summed E-state index contributed by atoms with van der Waals surface area (Å²) in [5.74, 6) is -2.14. The summed E-state index contributed by atoms with van der Waals surface area (Å²) in [6.07, 6.45) is 0. The summed E-state index contributed by atoms with van der Waals surface area (Å²) < 4.78 is 26.4. The van der Waals surface area contributed by atoms with Crippen LogP contribution in [0.3, 0.4) is 0 Å². The van der Waals surface area contributed by atoms with Crippen molar-refractivity contribution in [1.82, 2.24) is 0 Å². The maximum Gasteiger partial charge on any atom is 0.259 e. The highest BCUT2D eigenvalue weighted by Crippen LogP contribution is 2.22. The lowest BCUT2D eigenvalue weighted by molar-refractivity contribution is 0.102.